The molecule has 0 amide bonds. The maximum atomic E-state index is 10.5. The SMILES string of the molecule is CC(Br)c1ccc(CC(N)C(=O)O)cc1. The Hall–Kier alpha value is -0.870. The van der Waals surface area contributed by atoms with Crippen molar-refractivity contribution in [1.82, 2.24) is 0 Å². The topological polar surface area (TPSA) is 63.3 Å². The van der Waals surface area contributed by atoms with Crippen LogP contribution in [0.25, 0.3) is 0 Å². The van der Waals surface area contributed by atoms with E-state index in [0.717, 1.165) is 5.56 Å². The second-order valence-electron chi connectivity index (χ2n) is 3.51. The highest BCUT2D eigenvalue weighted by atomic mass is 79.9. The fraction of sp³-hybridized carbons (Fsp3) is 0.364. The van der Waals surface area contributed by atoms with E-state index in [1.807, 2.05) is 31.2 Å². The van der Waals surface area contributed by atoms with Crippen molar-refractivity contribution in [2.45, 2.75) is 24.2 Å². The van der Waals surface area contributed by atoms with Gasteiger partial charge in [-0.15, -0.1) is 0 Å². The summed E-state index contributed by atoms with van der Waals surface area (Å²) in [5.41, 5.74) is 7.55. The molecule has 1 aromatic rings. The van der Waals surface area contributed by atoms with E-state index in [0.29, 0.717) is 11.2 Å². The zero-order valence-corrected chi connectivity index (χ0v) is 10.1. The number of nitrogens with two attached hydrogens (primary N) is 1. The number of carboxylic acids is 1. The van der Waals surface area contributed by atoms with Crippen LogP contribution in [0, 0.1) is 0 Å². The van der Waals surface area contributed by atoms with E-state index in [1.165, 1.54) is 5.56 Å². The zero-order valence-electron chi connectivity index (χ0n) is 8.48. The van der Waals surface area contributed by atoms with Crippen molar-refractivity contribution in [3.8, 4) is 0 Å². The lowest BCUT2D eigenvalue weighted by Crippen LogP contribution is -2.32. The van der Waals surface area contributed by atoms with Gasteiger partial charge in [0.15, 0.2) is 0 Å². The predicted molar refractivity (Wildman–Crippen MR) is 63.1 cm³/mol. The average Bonchev–Trinajstić information content (AvgIpc) is 2.18. The molecule has 1 aromatic carbocycles. The first-order valence-electron chi connectivity index (χ1n) is 4.72. The van der Waals surface area contributed by atoms with Crippen LogP contribution in [0.3, 0.4) is 0 Å². The van der Waals surface area contributed by atoms with Gasteiger partial charge in [0.2, 0.25) is 0 Å². The molecule has 0 radical (unpaired) electrons. The van der Waals surface area contributed by atoms with Crippen molar-refractivity contribution in [2.24, 2.45) is 5.73 Å². The van der Waals surface area contributed by atoms with E-state index in [9.17, 15) is 4.79 Å². The normalized spacial score (nSPS) is 14.6. The van der Waals surface area contributed by atoms with Crippen LogP contribution < -0.4 is 5.73 Å². The molecule has 0 aliphatic heterocycles. The van der Waals surface area contributed by atoms with Gasteiger partial charge in [0.1, 0.15) is 6.04 Å². The van der Waals surface area contributed by atoms with Crippen LogP contribution in [0.15, 0.2) is 24.3 Å². The van der Waals surface area contributed by atoms with Crippen LogP contribution in [0.1, 0.15) is 22.9 Å². The molecule has 0 aliphatic rings. The van der Waals surface area contributed by atoms with Gasteiger partial charge in [-0.2, -0.15) is 0 Å². The summed E-state index contributed by atoms with van der Waals surface area (Å²) in [6.07, 6.45) is 0.367. The van der Waals surface area contributed by atoms with E-state index in [1.54, 1.807) is 0 Å². The molecule has 1 rings (SSSR count). The Morgan fingerprint density at radius 3 is 2.40 bits per heavy atom. The van der Waals surface area contributed by atoms with Gasteiger partial charge in [-0.1, -0.05) is 40.2 Å². The summed E-state index contributed by atoms with van der Waals surface area (Å²) in [6.45, 7) is 2.04. The van der Waals surface area contributed by atoms with Crippen LogP contribution in [0.2, 0.25) is 0 Å². The number of halogens is 1. The largest absolute Gasteiger partial charge is 0.480 e. The third-order valence-corrected chi connectivity index (χ3v) is 2.74. The number of hydrogen-bond donors (Lipinski definition) is 2. The molecule has 0 heterocycles. The van der Waals surface area contributed by atoms with E-state index in [2.05, 4.69) is 15.9 Å². The van der Waals surface area contributed by atoms with Crippen molar-refractivity contribution < 1.29 is 9.90 Å². The predicted octanol–water partition coefficient (Wildman–Crippen LogP) is 2.10. The molecule has 2 atom stereocenters. The molecular formula is C11H14BrNO2. The van der Waals surface area contributed by atoms with Crippen LogP contribution in [0.5, 0.6) is 0 Å². The lowest BCUT2D eigenvalue weighted by Gasteiger charge is -2.08. The molecule has 82 valence electrons. The van der Waals surface area contributed by atoms with E-state index >= 15 is 0 Å². The standard InChI is InChI=1S/C11H14BrNO2/c1-7(12)9-4-2-8(3-5-9)6-10(13)11(14)15/h2-5,7,10H,6,13H2,1H3,(H,14,15). The van der Waals surface area contributed by atoms with Crippen molar-refractivity contribution in [3.05, 3.63) is 35.4 Å². The highest BCUT2D eigenvalue weighted by Crippen LogP contribution is 2.21. The summed E-state index contributed by atoms with van der Waals surface area (Å²) in [5, 5.41) is 8.65. The van der Waals surface area contributed by atoms with Crippen molar-refractivity contribution in [3.63, 3.8) is 0 Å². The number of aliphatic carboxylic acids is 1. The summed E-state index contributed by atoms with van der Waals surface area (Å²) in [7, 11) is 0. The zero-order chi connectivity index (χ0) is 11.4. The molecule has 3 N–H and O–H groups in total. The number of rotatable bonds is 4. The van der Waals surface area contributed by atoms with Crippen molar-refractivity contribution in [1.29, 1.82) is 0 Å². The number of benzene rings is 1. The third kappa shape index (κ3) is 3.64. The monoisotopic (exact) mass is 271 g/mol. The average molecular weight is 272 g/mol. The molecule has 4 heteroatoms. The lowest BCUT2D eigenvalue weighted by molar-refractivity contribution is -0.138. The second-order valence-corrected chi connectivity index (χ2v) is 4.88. The molecule has 0 aromatic heterocycles. The van der Waals surface area contributed by atoms with Crippen molar-refractivity contribution in [2.75, 3.05) is 0 Å². The Balaban J connectivity index is 2.68. The quantitative estimate of drug-likeness (QED) is 0.825. The van der Waals surface area contributed by atoms with Gasteiger partial charge in [-0.05, 0) is 24.5 Å². The minimum absolute atomic E-state index is 0.305. The number of carboxylic acid groups (broad SMARTS) is 1. The van der Waals surface area contributed by atoms with Gasteiger partial charge >= 0.3 is 5.97 Å². The van der Waals surface area contributed by atoms with Crippen LogP contribution >= 0.6 is 15.9 Å². The van der Waals surface area contributed by atoms with E-state index in [-0.39, 0.29) is 0 Å². The molecule has 3 nitrogen and oxygen atoms in total. The second kappa shape index (κ2) is 5.28. The summed E-state index contributed by atoms with van der Waals surface area (Å²) in [4.78, 5) is 10.9. The van der Waals surface area contributed by atoms with Gasteiger partial charge in [-0.3, -0.25) is 4.79 Å². The van der Waals surface area contributed by atoms with Crippen molar-refractivity contribution >= 4 is 21.9 Å². The van der Waals surface area contributed by atoms with Gasteiger partial charge in [0.05, 0.1) is 0 Å². The molecule has 0 fully saturated rings. The van der Waals surface area contributed by atoms with Gasteiger partial charge in [0, 0.05) is 4.83 Å². The fourth-order valence-corrected chi connectivity index (χ4v) is 1.57. The van der Waals surface area contributed by atoms with Gasteiger partial charge in [0.25, 0.3) is 0 Å². The highest BCUT2D eigenvalue weighted by Gasteiger charge is 2.11. The minimum Gasteiger partial charge on any atom is -0.480 e. The summed E-state index contributed by atoms with van der Waals surface area (Å²) >= 11 is 3.46. The molecule has 0 bridgehead atoms. The molecule has 0 aliphatic carbocycles. The fourth-order valence-electron chi connectivity index (χ4n) is 1.26. The first kappa shape index (κ1) is 12.2. The van der Waals surface area contributed by atoms with Crippen LogP contribution in [-0.2, 0) is 11.2 Å². The Morgan fingerprint density at radius 1 is 1.47 bits per heavy atom. The molecule has 15 heavy (non-hydrogen) atoms. The maximum Gasteiger partial charge on any atom is 0.320 e. The maximum absolute atomic E-state index is 10.5. The van der Waals surface area contributed by atoms with E-state index < -0.39 is 12.0 Å². The molecule has 2 unspecified atom stereocenters. The Bertz CT molecular complexity index is 335. The molecule has 0 spiro atoms. The summed E-state index contributed by atoms with van der Waals surface area (Å²) in [6, 6.07) is 6.95. The number of carbonyl (C=O) groups is 1. The minimum atomic E-state index is -0.965. The number of alkyl halides is 1. The van der Waals surface area contributed by atoms with Crippen LogP contribution in [0.4, 0.5) is 0 Å². The van der Waals surface area contributed by atoms with Crippen LogP contribution in [-0.4, -0.2) is 17.1 Å². The Kier molecular flexibility index (Phi) is 4.29. The van der Waals surface area contributed by atoms with E-state index in [4.69, 9.17) is 10.8 Å². The molecule has 0 saturated carbocycles. The first-order valence-corrected chi connectivity index (χ1v) is 5.63. The molecular weight excluding hydrogens is 258 g/mol. The highest BCUT2D eigenvalue weighted by molar-refractivity contribution is 9.09. The van der Waals surface area contributed by atoms with Gasteiger partial charge < -0.3 is 10.8 Å². The lowest BCUT2D eigenvalue weighted by atomic mass is 10.0. The molecule has 0 saturated heterocycles. The summed E-state index contributed by atoms with van der Waals surface area (Å²) in [5.74, 6) is -0.965. The Morgan fingerprint density at radius 2 is 2.00 bits per heavy atom. The third-order valence-electron chi connectivity index (χ3n) is 2.21. The Labute approximate surface area is 97.4 Å². The first-order chi connectivity index (χ1) is 7.00. The van der Waals surface area contributed by atoms with Gasteiger partial charge in [-0.25, -0.2) is 0 Å². The summed E-state index contributed by atoms with van der Waals surface area (Å²) < 4.78 is 0. The smallest absolute Gasteiger partial charge is 0.320 e. The number of hydrogen-bond acceptors (Lipinski definition) is 2.